The predicted octanol–water partition coefficient (Wildman–Crippen LogP) is 2.57. The smallest absolute Gasteiger partial charge is 0.151 e. The summed E-state index contributed by atoms with van der Waals surface area (Å²) in [5.41, 5.74) is 1.97. The van der Waals surface area contributed by atoms with Crippen LogP contribution < -0.4 is 0 Å². The lowest BCUT2D eigenvalue weighted by atomic mass is 10.3. The number of aromatic nitrogens is 2. The minimum Gasteiger partial charge on any atom is -0.256 e. The molecular formula is C9H11ClN2. The van der Waals surface area contributed by atoms with Crippen molar-refractivity contribution in [1.29, 1.82) is 0 Å². The molecule has 2 rings (SSSR count). The molecule has 0 aliphatic heterocycles. The Morgan fingerprint density at radius 3 is 2.83 bits per heavy atom. The normalized spacial score (nSPS) is 16.5. The molecule has 1 heterocycles. The monoisotopic (exact) mass is 182 g/mol. The number of aryl methyl sites for hydroxylation is 1. The molecule has 1 fully saturated rings. The summed E-state index contributed by atoms with van der Waals surface area (Å²) in [6.45, 7) is 2.05. The fourth-order valence-corrected chi connectivity index (χ4v) is 1.52. The van der Waals surface area contributed by atoms with E-state index in [4.69, 9.17) is 11.6 Å². The minimum absolute atomic E-state index is 0.593. The van der Waals surface area contributed by atoms with Crippen molar-refractivity contribution in [2.75, 3.05) is 0 Å². The standard InChI is InChI=1S/C9H11ClN2/c1-2-7-5-11-8(6-3-4-6)9(10)12-7/h5-6H,2-4H2,1H3. The lowest BCUT2D eigenvalue weighted by Gasteiger charge is -2.01. The van der Waals surface area contributed by atoms with E-state index in [1.807, 2.05) is 6.20 Å². The van der Waals surface area contributed by atoms with Gasteiger partial charge in [-0.2, -0.15) is 0 Å². The third-order valence-corrected chi connectivity index (χ3v) is 2.41. The van der Waals surface area contributed by atoms with E-state index in [0.29, 0.717) is 11.1 Å². The van der Waals surface area contributed by atoms with Gasteiger partial charge in [0.25, 0.3) is 0 Å². The zero-order chi connectivity index (χ0) is 8.55. The molecule has 0 radical (unpaired) electrons. The number of hydrogen-bond acceptors (Lipinski definition) is 2. The summed E-state index contributed by atoms with van der Waals surface area (Å²) < 4.78 is 0. The van der Waals surface area contributed by atoms with Gasteiger partial charge in [-0.25, -0.2) is 4.98 Å². The van der Waals surface area contributed by atoms with Crippen LogP contribution in [-0.2, 0) is 6.42 Å². The van der Waals surface area contributed by atoms with Crippen molar-refractivity contribution < 1.29 is 0 Å². The zero-order valence-corrected chi connectivity index (χ0v) is 7.80. The van der Waals surface area contributed by atoms with Crippen LogP contribution in [0, 0.1) is 0 Å². The van der Waals surface area contributed by atoms with Gasteiger partial charge in [0, 0.05) is 12.1 Å². The maximum absolute atomic E-state index is 5.97. The highest BCUT2D eigenvalue weighted by molar-refractivity contribution is 6.30. The summed E-state index contributed by atoms with van der Waals surface area (Å²) in [6.07, 6.45) is 5.18. The quantitative estimate of drug-likeness (QED) is 0.703. The van der Waals surface area contributed by atoms with Gasteiger partial charge in [-0.3, -0.25) is 4.98 Å². The van der Waals surface area contributed by atoms with Crippen molar-refractivity contribution in [3.63, 3.8) is 0 Å². The van der Waals surface area contributed by atoms with Crippen LogP contribution in [0.5, 0.6) is 0 Å². The lowest BCUT2D eigenvalue weighted by molar-refractivity contribution is 0.930. The Labute approximate surface area is 77.0 Å². The molecule has 0 N–H and O–H groups in total. The molecule has 0 amide bonds. The maximum atomic E-state index is 5.97. The molecule has 0 bridgehead atoms. The Morgan fingerprint density at radius 1 is 1.58 bits per heavy atom. The molecule has 0 unspecified atom stereocenters. The van der Waals surface area contributed by atoms with Gasteiger partial charge in [0.15, 0.2) is 5.15 Å². The van der Waals surface area contributed by atoms with Crippen molar-refractivity contribution in [3.05, 3.63) is 22.7 Å². The van der Waals surface area contributed by atoms with Crippen LogP contribution >= 0.6 is 11.6 Å². The van der Waals surface area contributed by atoms with Gasteiger partial charge in [0.05, 0.1) is 11.4 Å². The fourth-order valence-electron chi connectivity index (χ4n) is 1.21. The Hall–Kier alpha value is -0.630. The van der Waals surface area contributed by atoms with Crippen LogP contribution in [0.15, 0.2) is 6.20 Å². The molecule has 1 aromatic rings. The average Bonchev–Trinajstić information content (AvgIpc) is 2.87. The fraction of sp³-hybridized carbons (Fsp3) is 0.556. The van der Waals surface area contributed by atoms with Crippen molar-refractivity contribution in [2.45, 2.75) is 32.1 Å². The van der Waals surface area contributed by atoms with E-state index in [1.165, 1.54) is 12.8 Å². The molecule has 12 heavy (non-hydrogen) atoms. The number of hydrogen-bond donors (Lipinski definition) is 0. The lowest BCUT2D eigenvalue weighted by Crippen LogP contribution is -1.95. The molecule has 64 valence electrons. The van der Waals surface area contributed by atoms with Crippen LogP contribution in [-0.4, -0.2) is 9.97 Å². The van der Waals surface area contributed by atoms with Crippen LogP contribution in [0.25, 0.3) is 0 Å². The molecule has 0 atom stereocenters. The first-order valence-electron chi connectivity index (χ1n) is 4.32. The molecule has 1 aliphatic carbocycles. The molecule has 1 saturated carbocycles. The summed E-state index contributed by atoms with van der Waals surface area (Å²) in [5.74, 6) is 0.593. The molecule has 0 aromatic carbocycles. The van der Waals surface area contributed by atoms with Gasteiger partial charge < -0.3 is 0 Å². The third-order valence-electron chi connectivity index (χ3n) is 2.13. The van der Waals surface area contributed by atoms with Crippen LogP contribution in [0.1, 0.15) is 37.1 Å². The number of nitrogens with zero attached hydrogens (tertiary/aromatic N) is 2. The first kappa shape index (κ1) is 7.99. The van der Waals surface area contributed by atoms with E-state index in [9.17, 15) is 0 Å². The van der Waals surface area contributed by atoms with Crippen LogP contribution in [0.3, 0.4) is 0 Å². The molecule has 3 heteroatoms. The summed E-state index contributed by atoms with van der Waals surface area (Å²) in [4.78, 5) is 8.57. The summed E-state index contributed by atoms with van der Waals surface area (Å²) >= 11 is 5.97. The summed E-state index contributed by atoms with van der Waals surface area (Å²) in [7, 11) is 0. The van der Waals surface area contributed by atoms with E-state index in [0.717, 1.165) is 17.8 Å². The average molecular weight is 183 g/mol. The SMILES string of the molecule is CCc1cnc(C2CC2)c(Cl)n1. The van der Waals surface area contributed by atoms with Gasteiger partial charge in [-0.15, -0.1) is 0 Å². The first-order chi connectivity index (χ1) is 5.81. The van der Waals surface area contributed by atoms with E-state index in [2.05, 4.69) is 16.9 Å². The van der Waals surface area contributed by atoms with Crippen LogP contribution in [0.4, 0.5) is 0 Å². The highest BCUT2D eigenvalue weighted by Crippen LogP contribution is 2.41. The number of rotatable bonds is 2. The topological polar surface area (TPSA) is 25.8 Å². The Balaban J connectivity index is 2.32. The summed E-state index contributed by atoms with van der Waals surface area (Å²) in [5, 5.41) is 0.608. The molecule has 2 nitrogen and oxygen atoms in total. The molecule has 0 spiro atoms. The van der Waals surface area contributed by atoms with Gasteiger partial charge in [-0.1, -0.05) is 18.5 Å². The second kappa shape index (κ2) is 3.02. The highest BCUT2D eigenvalue weighted by atomic mass is 35.5. The van der Waals surface area contributed by atoms with Gasteiger partial charge in [0.2, 0.25) is 0 Å². The molecular weight excluding hydrogens is 172 g/mol. The highest BCUT2D eigenvalue weighted by Gasteiger charge is 2.27. The number of halogens is 1. The van der Waals surface area contributed by atoms with Crippen molar-refractivity contribution in [3.8, 4) is 0 Å². The van der Waals surface area contributed by atoms with E-state index in [-0.39, 0.29) is 0 Å². The van der Waals surface area contributed by atoms with Crippen LogP contribution in [0.2, 0.25) is 5.15 Å². The second-order valence-electron chi connectivity index (χ2n) is 3.17. The van der Waals surface area contributed by atoms with Crippen molar-refractivity contribution >= 4 is 11.6 Å². The molecule has 1 aromatic heterocycles. The largest absolute Gasteiger partial charge is 0.256 e. The molecule has 1 aliphatic rings. The second-order valence-corrected chi connectivity index (χ2v) is 3.52. The van der Waals surface area contributed by atoms with Crippen molar-refractivity contribution in [2.24, 2.45) is 0 Å². The zero-order valence-electron chi connectivity index (χ0n) is 7.05. The van der Waals surface area contributed by atoms with Gasteiger partial charge in [0.1, 0.15) is 0 Å². The Bertz CT molecular complexity index is 295. The Morgan fingerprint density at radius 2 is 2.33 bits per heavy atom. The van der Waals surface area contributed by atoms with Crippen molar-refractivity contribution in [1.82, 2.24) is 9.97 Å². The van der Waals surface area contributed by atoms with Gasteiger partial charge in [-0.05, 0) is 19.3 Å². The van der Waals surface area contributed by atoms with E-state index in [1.54, 1.807) is 0 Å². The van der Waals surface area contributed by atoms with E-state index < -0.39 is 0 Å². The summed E-state index contributed by atoms with van der Waals surface area (Å²) in [6, 6.07) is 0. The first-order valence-corrected chi connectivity index (χ1v) is 4.70. The minimum atomic E-state index is 0.593. The maximum Gasteiger partial charge on any atom is 0.151 e. The van der Waals surface area contributed by atoms with Gasteiger partial charge >= 0.3 is 0 Å². The van der Waals surface area contributed by atoms with E-state index >= 15 is 0 Å². The third kappa shape index (κ3) is 1.44. The molecule has 0 saturated heterocycles. The Kier molecular flexibility index (Phi) is 2.01. The predicted molar refractivity (Wildman–Crippen MR) is 48.4 cm³/mol.